The number of hydrogen-bond acceptors (Lipinski definition) is 6. The number of amides is 1. The molecule has 1 atom stereocenters. The summed E-state index contributed by atoms with van der Waals surface area (Å²) in [7, 11) is 0. The van der Waals surface area contributed by atoms with Gasteiger partial charge in [-0.2, -0.15) is 5.10 Å². The molecule has 2 aromatic heterocycles. The molecule has 35 heavy (non-hydrogen) atoms. The molecule has 0 bridgehead atoms. The number of aryl methyl sites for hydroxylation is 1. The van der Waals surface area contributed by atoms with E-state index in [0.29, 0.717) is 41.6 Å². The second-order valence-corrected chi connectivity index (χ2v) is 8.47. The monoisotopic (exact) mass is 488 g/mol. The third kappa shape index (κ3) is 6.47. The molecule has 0 saturated carbocycles. The van der Waals surface area contributed by atoms with Crippen LogP contribution >= 0.6 is 11.6 Å². The van der Waals surface area contributed by atoms with Crippen molar-refractivity contribution in [2.75, 3.05) is 6.54 Å². The zero-order chi connectivity index (χ0) is 25.4. The van der Waals surface area contributed by atoms with E-state index in [2.05, 4.69) is 43.5 Å². The van der Waals surface area contributed by atoms with Gasteiger partial charge in [-0.05, 0) is 49.2 Å². The van der Waals surface area contributed by atoms with E-state index in [0.717, 1.165) is 11.1 Å². The van der Waals surface area contributed by atoms with Crippen molar-refractivity contribution in [2.24, 2.45) is 10.4 Å². The van der Waals surface area contributed by atoms with Crippen LogP contribution in [-0.4, -0.2) is 39.2 Å². The topological polar surface area (TPSA) is 101 Å². The van der Waals surface area contributed by atoms with E-state index in [9.17, 15) is 9.59 Å². The zero-order valence-electron chi connectivity index (χ0n) is 19.7. The number of hydrogen-bond donors (Lipinski definition) is 2. The van der Waals surface area contributed by atoms with Gasteiger partial charge in [-0.25, -0.2) is 9.67 Å². The fourth-order valence-electron chi connectivity index (χ4n) is 3.36. The molecule has 1 aliphatic heterocycles. The molecule has 0 fully saturated rings. The van der Waals surface area contributed by atoms with Crippen LogP contribution in [0.4, 0.5) is 0 Å². The number of aromatic nitrogens is 3. The Morgan fingerprint density at radius 1 is 1.40 bits per heavy atom. The molecule has 3 rings (SSSR count). The van der Waals surface area contributed by atoms with Gasteiger partial charge >= 0.3 is 0 Å². The Labute approximate surface area is 209 Å². The van der Waals surface area contributed by atoms with Crippen molar-refractivity contribution in [1.82, 2.24) is 25.4 Å². The maximum Gasteiger partial charge on any atom is 0.268 e. The average Bonchev–Trinajstić information content (AvgIpc) is 3.25. The van der Waals surface area contributed by atoms with Crippen molar-refractivity contribution in [1.29, 1.82) is 0 Å². The molecule has 9 heteroatoms. The van der Waals surface area contributed by atoms with Crippen LogP contribution in [-0.2, 0) is 16.1 Å². The molecule has 178 valence electrons. The molecule has 2 N–H and O–H groups in total. The minimum atomic E-state index is -0.812. The number of ketones is 1. The van der Waals surface area contributed by atoms with Crippen molar-refractivity contribution in [3.8, 4) is 30.0 Å². The summed E-state index contributed by atoms with van der Waals surface area (Å²) in [5, 5.41) is 10.5. The third-order valence-electron chi connectivity index (χ3n) is 5.17. The van der Waals surface area contributed by atoms with Crippen molar-refractivity contribution in [2.45, 2.75) is 33.7 Å². The molecule has 1 unspecified atom stereocenters. The number of carbonyl (C=O) groups excluding carboxylic acids is 2. The highest BCUT2D eigenvalue weighted by atomic mass is 35.5. The Balaban J connectivity index is 1.76. The predicted molar refractivity (Wildman–Crippen MR) is 136 cm³/mol. The molecular weight excluding hydrogens is 464 g/mol. The first kappa shape index (κ1) is 25.5. The standard InChI is InChI=1S/C26H25ClN6O2/c1-5-26(4)9-11-29-23(25(35)30-10-7-6-8-19(3)34)22(26)16-28-13-20-12-18(2)24(31-14-20)33-17-21(27)15-32-33/h1,9,11-12,14-17,29H,7,10,13H2,2-4H3,(H,30,35). The van der Waals surface area contributed by atoms with Crippen LogP contribution in [0.1, 0.15) is 31.4 Å². The van der Waals surface area contributed by atoms with E-state index in [1.54, 1.807) is 41.8 Å². The lowest BCUT2D eigenvalue weighted by atomic mass is 9.80. The van der Waals surface area contributed by atoms with E-state index in [1.165, 1.54) is 6.92 Å². The van der Waals surface area contributed by atoms with E-state index in [1.807, 2.05) is 19.9 Å². The van der Waals surface area contributed by atoms with Gasteiger partial charge in [-0.15, -0.1) is 6.42 Å². The lowest BCUT2D eigenvalue weighted by Crippen LogP contribution is -2.37. The number of dihydropyridines is 1. The fourth-order valence-corrected chi connectivity index (χ4v) is 3.49. The Bertz CT molecular complexity index is 1340. The summed E-state index contributed by atoms with van der Waals surface area (Å²) >= 11 is 5.95. The Morgan fingerprint density at radius 3 is 2.86 bits per heavy atom. The lowest BCUT2D eigenvalue weighted by molar-refractivity contribution is -0.117. The normalized spacial score (nSPS) is 16.9. The summed E-state index contributed by atoms with van der Waals surface area (Å²) in [4.78, 5) is 32.8. The van der Waals surface area contributed by atoms with E-state index in [-0.39, 0.29) is 11.7 Å². The maximum atomic E-state index is 12.8. The Morgan fingerprint density at radius 2 is 2.20 bits per heavy atom. The number of Topliss-reactive ketones (excluding diaryl/α,β-unsaturated/α-hetero) is 1. The minimum Gasteiger partial charge on any atom is -0.357 e. The molecule has 1 aliphatic rings. The van der Waals surface area contributed by atoms with E-state index >= 15 is 0 Å². The fraction of sp³-hybridized carbons (Fsp3) is 0.269. The first-order valence-electron chi connectivity index (χ1n) is 10.8. The second-order valence-electron chi connectivity index (χ2n) is 8.03. The summed E-state index contributed by atoms with van der Waals surface area (Å²) < 4.78 is 1.62. The van der Waals surface area contributed by atoms with E-state index < -0.39 is 5.41 Å². The van der Waals surface area contributed by atoms with Crippen LogP contribution < -0.4 is 10.6 Å². The van der Waals surface area contributed by atoms with E-state index in [4.69, 9.17) is 18.0 Å². The van der Waals surface area contributed by atoms with Gasteiger partial charge in [0.05, 0.1) is 29.4 Å². The van der Waals surface area contributed by atoms with Crippen LogP contribution in [0.5, 0.6) is 0 Å². The van der Waals surface area contributed by atoms with Crippen LogP contribution in [0.2, 0.25) is 5.02 Å². The van der Waals surface area contributed by atoms with Crippen molar-refractivity contribution >= 4 is 29.5 Å². The molecule has 0 aromatic carbocycles. The molecule has 0 saturated heterocycles. The largest absolute Gasteiger partial charge is 0.357 e. The molecule has 0 radical (unpaired) electrons. The van der Waals surface area contributed by atoms with Gasteiger partial charge in [0.15, 0.2) is 5.82 Å². The SMILES string of the molecule is C#CC1(C)C=CNC(C(=O)NCCC#CC(C)=O)=C1C=NCc1cnc(-n2cc(Cl)cn2)c(C)c1. The van der Waals surface area contributed by atoms with Crippen LogP contribution in [0.25, 0.3) is 5.82 Å². The second kappa shape index (κ2) is 11.3. The average molecular weight is 489 g/mol. The Kier molecular flexibility index (Phi) is 8.25. The molecule has 2 aromatic rings. The summed E-state index contributed by atoms with van der Waals surface area (Å²) in [6.45, 7) is 5.80. The number of nitrogens with one attached hydrogen (secondary N) is 2. The highest BCUT2D eigenvalue weighted by Crippen LogP contribution is 2.31. The zero-order valence-corrected chi connectivity index (χ0v) is 20.5. The lowest BCUT2D eigenvalue weighted by Gasteiger charge is -2.27. The summed E-state index contributed by atoms with van der Waals surface area (Å²) in [5.74, 6) is 8.04. The van der Waals surface area contributed by atoms with Gasteiger partial charge in [0.1, 0.15) is 5.70 Å². The highest BCUT2D eigenvalue weighted by molar-refractivity contribution is 6.30. The quantitative estimate of drug-likeness (QED) is 0.270. The maximum absolute atomic E-state index is 12.8. The molecule has 8 nitrogen and oxygen atoms in total. The number of halogens is 1. The predicted octanol–water partition coefficient (Wildman–Crippen LogP) is 2.91. The number of rotatable bonds is 7. The summed E-state index contributed by atoms with van der Waals surface area (Å²) in [6, 6.07) is 1.97. The van der Waals surface area contributed by atoms with Gasteiger partial charge in [0.25, 0.3) is 5.91 Å². The molecule has 0 spiro atoms. The van der Waals surface area contributed by atoms with Crippen LogP contribution in [0.3, 0.4) is 0 Å². The number of nitrogens with zero attached hydrogens (tertiary/aromatic N) is 4. The van der Waals surface area contributed by atoms with Gasteiger partial charge in [-0.1, -0.05) is 23.4 Å². The Hall–Kier alpha value is -4.14. The van der Waals surface area contributed by atoms with Crippen LogP contribution in [0.15, 0.2) is 53.2 Å². The van der Waals surface area contributed by atoms with Crippen molar-refractivity contribution < 1.29 is 9.59 Å². The number of pyridine rings is 1. The number of aliphatic imine (C=N–C) groups is 1. The van der Waals surface area contributed by atoms with Gasteiger partial charge in [0.2, 0.25) is 5.78 Å². The molecule has 3 heterocycles. The number of carbonyl (C=O) groups is 2. The smallest absolute Gasteiger partial charge is 0.268 e. The molecular formula is C26H25ClN6O2. The third-order valence-corrected chi connectivity index (χ3v) is 5.36. The number of allylic oxidation sites excluding steroid dienone is 2. The minimum absolute atomic E-state index is 0.216. The van der Waals surface area contributed by atoms with Gasteiger partial charge < -0.3 is 10.6 Å². The first-order valence-corrected chi connectivity index (χ1v) is 11.2. The molecule has 0 aliphatic carbocycles. The van der Waals surface area contributed by atoms with Crippen LogP contribution in [0, 0.1) is 36.5 Å². The number of terminal acetylenes is 1. The highest BCUT2D eigenvalue weighted by Gasteiger charge is 2.31. The summed E-state index contributed by atoms with van der Waals surface area (Å²) in [6.07, 6.45) is 16.2. The van der Waals surface area contributed by atoms with Crippen molar-refractivity contribution in [3.63, 3.8) is 0 Å². The van der Waals surface area contributed by atoms with Gasteiger partial charge in [0, 0.05) is 37.9 Å². The summed E-state index contributed by atoms with van der Waals surface area (Å²) in [5.41, 5.74) is 1.88. The molecule has 1 amide bonds. The van der Waals surface area contributed by atoms with Gasteiger partial charge in [-0.3, -0.25) is 14.6 Å². The first-order chi connectivity index (χ1) is 16.7. The van der Waals surface area contributed by atoms with Crippen molar-refractivity contribution in [3.05, 3.63) is 64.4 Å².